The van der Waals surface area contributed by atoms with Crippen molar-refractivity contribution in [3.63, 3.8) is 0 Å². The van der Waals surface area contributed by atoms with E-state index in [1.54, 1.807) is 18.3 Å². The molecule has 104 valence electrons. The molecule has 0 aliphatic carbocycles. The first-order chi connectivity index (χ1) is 9.69. The predicted molar refractivity (Wildman–Crippen MR) is 79.1 cm³/mol. The third-order valence-corrected chi connectivity index (χ3v) is 2.93. The molecule has 2 rings (SSSR count). The number of hydrazine groups is 1. The van der Waals surface area contributed by atoms with Crippen molar-refractivity contribution in [1.29, 1.82) is 0 Å². The summed E-state index contributed by atoms with van der Waals surface area (Å²) in [6, 6.07) is 13.4. The van der Waals surface area contributed by atoms with Crippen LogP contribution >= 0.6 is 0 Å². The molecule has 0 bridgehead atoms. The SMILES string of the molecule is CC(Cc1ccccc1)NC(=O)c1ccnc(NN)c1. The minimum absolute atomic E-state index is 0.0485. The van der Waals surface area contributed by atoms with Crippen molar-refractivity contribution in [1.82, 2.24) is 10.3 Å². The number of carbonyl (C=O) groups excluding carboxylic acids is 1. The molecule has 2 aromatic rings. The Bertz CT molecular complexity index is 571. The predicted octanol–water partition coefficient (Wildman–Crippen LogP) is 1.73. The van der Waals surface area contributed by atoms with Crippen LogP contribution in [0.3, 0.4) is 0 Å². The Balaban J connectivity index is 1.96. The third kappa shape index (κ3) is 3.80. The first-order valence-electron chi connectivity index (χ1n) is 6.46. The fraction of sp³-hybridized carbons (Fsp3) is 0.200. The maximum Gasteiger partial charge on any atom is 0.251 e. The Kier molecular flexibility index (Phi) is 4.68. The summed E-state index contributed by atoms with van der Waals surface area (Å²) in [5.74, 6) is 5.61. The van der Waals surface area contributed by atoms with Crippen LogP contribution in [-0.2, 0) is 6.42 Å². The Morgan fingerprint density at radius 3 is 2.75 bits per heavy atom. The number of hydrogen-bond acceptors (Lipinski definition) is 4. The number of hydrogen-bond donors (Lipinski definition) is 3. The van der Waals surface area contributed by atoms with Gasteiger partial charge in [0.25, 0.3) is 5.91 Å². The molecule has 0 radical (unpaired) electrons. The van der Waals surface area contributed by atoms with Gasteiger partial charge in [-0.1, -0.05) is 30.3 Å². The first-order valence-corrected chi connectivity index (χ1v) is 6.46. The quantitative estimate of drug-likeness (QED) is 0.571. The average molecular weight is 270 g/mol. The van der Waals surface area contributed by atoms with Crippen LogP contribution in [0.4, 0.5) is 5.82 Å². The van der Waals surface area contributed by atoms with E-state index in [4.69, 9.17) is 5.84 Å². The van der Waals surface area contributed by atoms with Crippen molar-refractivity contribution in [2.45, 2.75) is 19.4 Å². The summed E-state index contributed by atoms with van der Waals surface area (Å²) < 4.78 is 0. The van der Waals surface area contributed by atoms with Crippen molar-refractivity contribution in [2.75, 3.05) is 5.43 Å². The number of pyridine rings is 1. The second-order valence-electron chi connectivity index (χ2n) is 4.64. The Morgan fingerprint density at radius 2 is 2.05 bits per heavy atom. The zero-order chi connectivity index (χ0) is 14.4. The van der Waals surface area contributed by atoms with E-state index in [1.807, 2.05) is 37.3 Å². The lowest BCUT2D eigenvalue weighted by Crippen LogP contribution is -2.34. The van der Waals surface area contributed by atoms with Gasteiger partial charge in [0.2, 0.25) is 0 Å². The van der Waals surface area contributed by atoms with E-state index in [0.717, 1.165) is 6.42 Å². The zero-order valence-corrected chi connectivity index (χ0v) is 11.3. The second kappa shape index (κ2) is 6.68. The Morgan fingerprint density at radius 1 is 1.30 bits per heavy atom. The number of carbonyl (C=O) groups is 1. The molecular weight excluding hydrogens is 252 g/mol. The summed E-state index contributed by atoms with van der Waals surface area (Å²) in [7, 11) is 0. The Labute approximate surface area is 118 Å². The van der Waals surface area contributed by atoms with Crippen molar-refractivity contribution in [3.05, 3.63) is 59.8 Å². The highest BCUT2D eigenvalue weighted by Gasteiger charge is 2.10. The van der Waals surface area contributed by atoms with Gasteiger partial charge in [0, 0.05) is 17.8 Å². The molecule has 1 atom stereocenters. The van der Waals surface area contributed by atoms with E-state index in [1.165, 1.54) is 5.56 Å². The van der Waals surface area contributed by atoms with Crippen LogP contribution < -0.4 is 16.6 Å². The van der Waals surface area contributed by atoms with Crippen LogP contribution in [0, 0.1) is 0 Å². The molecule has 1 unspecified atom stereocenters. The molecule has 1 aromatic heterocycles. The van der Waals surface area contributed by atoms with Gasteiger partial charge < -0.3 is 10.7 Å². The van der Waals surface area contributed by atoms with Gasteiger partial charge in [-0.15, -0.1) is 0 Å². The topological polar surface area (TPSA) is 80.0 Å². The number of anilines is 1. The molecule has 4 N–H and O–H groups in total. The molecule has 20 heavy (non-hydrogen) atoms. The number of nitrogens with zero attached hydrogens (tertiary/aromatic N) is 1. The van der Waals surface area contributed by atoms with Crippen molar-refractivity contribution in [3.8, 4) is 0 Å². The van der Waals surface area contributed by atoms with Crippen molar-refractivity contribution in [2.24, 2.45) is 5.84 Å². The molecule has 0 saturated carbocycles. The highest BCUT2D eigenvalue weighted by atomic mass is 16.1. The molecule has 1 heterocycles. The second-order valence-corrected chi connectivity index (χ2v) is 4.64. The molecular formula is C15H18N4O. The number of nitrogens with two attached hydrogens (primary N) is 1. The van der Waals surface area contributed by atoms with Crippen molar-refractivity contribution < 1.29 is 4.79 Å². The summed E-state index contributed by atoms with van der Waals surface area (Å²) in [5, 5.41) is 2.96. The maximum absolute atomic E-state index is 12.1. The number of rotatable bonds is 5. The summed E-state index contributed by atoms with van der Waals surface area (Å²) in [6.45, 7) is 1.98. The Hall–Kier alpha value is -2.40. The van der Waals surface area contributed by atoms with Crippen LogP contribution in [0.2, 0.25) is 0 Å². The van der Waals surface area contributed by atoms with Crippen LogP contribution in [0.5, 0.6) is 0 Å². The molecule has 1 aromatic carbocycles. The third-order valence-electron chi connectivity index (χ3n) is 2.93. The number of nitrogens with one attached hydrogen (secondary N) is 2. The molecule has 0 saturated heterocycles. The van der Waals surface area contributed by atoms with Gasteiger partial charge in [0.05, 0.1) is 0 Å². The summed E-state index contributed by atoms with van der Waals surface area (Å²) >= 11 is 0. The average Bonchev–Trinajstić information content (AvgIpc) is 2.48. The molecule has 1 amide bonds. The lowest BCUT2D eigenvalue weighted by Gasteiger charge is -2.14. The van der Waals surface area contributed by atoms with Crippen LogP contribution in [0.15, 0.2) is 48.7 Å². The van der Waals surface area contributed by atoms with E-state index < -0.39 is 0 Å². The largest absolute Gasteiger partial charge is 0.349 e. The monoisotopic (exact) mass is 270 g/mol. The van der Waals surface area contributed by atoms with Crippen LogP contribution in [-0.4, -0.2) is 16.9 Å². The smallest absolute Gasteiger partial charge is 0.251 e. The lowest BCUT2D eigenvalue weighted by atomic mass is 10.1. The molecule has 5 heteroatoms. The maximum atomic E-state index is 12.1. The molecule has 0 aliphatic heterocycles. The molecule has 0 spiro atoms. The zero-order valence-electron chi connectivity index (χ0n) is 11.3. The first kappa shape index (κ1) is 14.0. The number of nitrogen functional groups attached to an aromatic ring is 1. The standard InChI is InChI=1S/C15H18N4O/c1-11(9-12-5-3-2-4-6-12)18-15(20)13-7-8-17-14(10-13)19-16/h2-8,10-11H,9,16H2,1H3,(H,17,19)(H,18,20). The summed E-state index contributed by atoms with van der Waals surface area (Å²) in [5.41, 5.74) is 4.15. The highest BCUT2D eigenvalue weighted by molar-refractivity contribution is 5.94. The van der Waals surface area contributed by atoms with Gasteiger partial charge >= 0.3 is 0 Å². The summed E-state index contributed by atoms with van der Waals surface area (Å²) in [6.07, 6.45) is 2.34. The number of amides is 1. The minimum atomic E-state index is -0.132. The fourth-order valence-electron chi connectivity index (χ4n) is 1.98. The van der Waals surface area contributed by atoms with Gasteiger partial charge in [-0.2, -0.15) is 0 Å². The van der Waals surface area contributed by atoms with E-state index >= 15 is 0 Å². The van der Waals surface area contributed by atoms with E-state index in [2.05, 4.69) is 15.7 Å². The van der Waals surface area contributed by atoms with Gasteiger partial charge in [-0.05, 0) is 31.0 Å². The minimum Gasteiger partial charge on any atom is -0.349 e. The van der Waals surface area contributed by atoms with E-state index in [9.17, 15) is 4.79 Å². The van der Waals surface area contributed by atoms with Gasteiger partial charge in [-0.3, -0.25) is 4.79 Å². The van der Waals surface area contributed by atoms with Crippen LogP contribution in [0.25, 0.3) is 0 Å². The number of aromatic nitrogens is 1. The van der Waals surface area contributed by atoms with Gasteiger partial charge in [0.1, 0.15) is 5.82 Å². The van der Waals surface area contributed by atoms with E-state index in [0.29, 0.717) is 11.4 Å². The highest BCUT2D eigenvalue weighted by Crippen LogP contribution is 2.07. The summed E-state index contributed by atoms with van der Waals surface area (Å²) in [4.78, 5) is 16.1. The van der Waals surface area contributed by atoms with Gasteiger partial charge in [0.15, 0.2) is 0 Å². The fourth-order valence-corrected chi connectivity index (χ4v) is 1.98. The number of benzene rings is 1. The molecule has 0 aliphatic rings. The van der Waals surface area contributed by atoms with Crippen LogP contribution in [0.1, 0.15) is 22.8 Å². The van der Waals surface area contributed by atoms with Gasteiger partial charge in [-0.25, -0.2) is 10.8 Å². The van der Waals surface area contributed by atoms with E-state index in [-0.39, 0.29) is 11.9 Å². The normalized spacial score (nSPS) is 11.7. The molecule has 5 nitrogen and oxygen atoms in total. The van der Waals surface area contributed by atoms with Crippen molar-refractivity contribution >= 4 is 11.7 Å². The molecule has 0 fully saturated rings. The lowest BCUT2D eigenvalue weighted by molar-refractivity contribution is 0.0940.